The number of carbonyl (C=O) groups excluding carboxylic acids is 2. The Kier molecular flexibility index (Phi) is 3.93. The largest absolute Gasteiger partial charge is 0.395 e. The lowest BCUT2D eigenvalue weighted by molar-refractivity contribution is -0.128. The second-order valence-corrected chi connectivity index (χ2v) is 5.78. The first-order valence-electron chi connectivity index (χ1n) is 7.18. The number of hydrogen-bond donors (Lipinski definition) is 2. The smallest absolute Gasteiger partial charge is 0.274 e. The zero-order valence-electron chi connectivity index (χ0n) is 13.1. The van der Waals surface area contributed by atoms with Crippen molar-refractivity contribution in [2.45, 2.75) is 33.7 Å². The number of nitrogen functional groups attached to an aromatic ring is 1. The quantitative estimate of drug-likeness (QED) is 0.843. The summed E-state index contributed by atoms with van der Waals surface area (Å²) in [5, 5.41) is 6.94. The molecule has 0 aromatic carbocycles. The average Bonchev–Trinajstić information content (AvgIpc) is 3.00. The molecule has 1 saturated heterocycles. The number of hydrogen-bond acceptors (Lipinski definition) is 4. The van der Waals surface area contributed by atoms with E-state index in [1.54, 1.807) is 23.6 Å². The molecule has 1 unspecified atom stereocenters. The fraction of sp³-hybridized carbons (Fsp3) is 0.643. The maximum atomic E-state index is 12.7. The van der Waals surface area contributed by atoms with E-state index in [9.17, 15) is 9.59 Å². The number of carbonyl (C=O) groups is 2. The van der Waals surface area contributed by atoms with Crippen molar-refractivity contribution in [2.24, 2.45) is 5.41 Å². The lowest BCUT2D eigenvalue weighted by Gasteiger charge is -2.23. The molecule has 2 heterocycles. The molecule has 1 aliphatic rings. The van der Waals surface area contributed by atoms with Gasteiger partial charge in [0.15, 0.2) is 0 Å². The number of likely N-dealkylation sites (tertiary alicyclic amines) is 1. The number of nitrogens with zero attached hydrogens (tertiary/aromatic N) is 3. The van der Waals surface area contributed by atoms with Gasteiger partial charge in [-0.1, -0.05) is 0 Å². The van der Waals surface area contributed by atoms with E-state index in [4.69, 9.17) is 5.73 Å². The highest BCUT2D eigenvalue weighted by Gasteiger charge is 2.42. The summed E-state index contributed by atoms with van der Waals surface area (Å²) in [4.78, 5) is 26.3. The van der Waals surface area contributed by atoms with Crippen molar-refractivity contribution in [2.75, 3.05) is 25.9 Å². The minimum absolute atomic E-state index is 0.0362. The van der Waals surface area contributed by atoms with Crippen molar-refractivity contribution < 1.29 is 9.59 Å². The van der Waals surface area contributed by atoms with Crippen LogP contribution in [0.4, 0.5) is 5.69 Å². The third-order valence-corrected chi connectivity index (χ3v) is 4.21. The molecule has 21 heavy (non-hydrogen) atoms. The molecule has 7 heteroatoms. The topological polar surface area (TPSA) is 93.2 Å². The van der Waals surface area contributed by atoms with Gasteiger partial charge in [-0.3, -0.25) is 14.3 Å². The summed E-state index contributed by atoms with van der Waals surface area (Å²) in [5.41, 5.74) is 6.97. The van der Waals surface area contributed by atoms with Crippen LogP contribution in [0.1, 0.15) is 36.5 Å². The van der Waals surface area contributed by atoms with Crippen molar-refractivity contribution in [3.63, 3.8) is 0 Å². The molecule has 1 atom stereocenters. The van der Waals surface area contributed by atoms with Crippen molar-refractivity contribution >= 4 is 17.5 Å². The molecule has 1 aromatic rings. The number of anilines is 1. The van der Waals surface area contributed by atoms with Gasteiger partial charge in [-0.2, -0.15) is 5.10 Å². The average molecular weight is 293 g/mol. The van der Waals surface area contributed by atoms with E-state index < -0.39 is 5.41 Å². The summed E-state index contributed by atoms with van der Waals surface area (Å²) in [6.45, 7) is 7.12. The van der Waals surface area contributed by atoms with Crippen LogP contribution < -0.4 is 11.1 Å². The summed E-state index contributed by atoms with van der Waals surface area (Å²) >= 11 is 0. The summed E-state index contributed by atoms with van der Waals surface area (Å²) < 4.78 is 1.63. The Bertz CT molecular complexity index is 580. The van der Waals surface area contributed by atoms with E-state index in [2.05, 4.69) is 10.4 Å². The molecule has 1 aliphatic heterocycles. The highest BCUT2D eigenvalue weighted by Crippen LogP contribution is 2.32. The monoisotopic (exact) mass is 293 g/mol. The van der Waals surface area contributed by atoms with Gasteiger partial charge in [0, 0.05) is 26.7 Å². The van der Waals surface area contributed by atoms with E-state index in [1.807, 2.05) is 13.8 Å². The van der Waals surface area contributed by atoms with Crippen LogP contribution in [0.25, 0.3) is 0 Å². The fourth-order valence-electron chi connectivity index (χ4n) is 2.82. The summed E-state index contributed by atoms with van der Waals surface area (Å²) in [7, 11) is 1.62. The minimum atomic E-state index is -0.536. The maximum absolute atomic E-state index is 12.7. The molecular weight excluding hydrogens is 270 g/mol. The van der Waals surface area contributed by atoms with Crippen LogP contribution in [0.2, 0.25) is 0 Å². The number of nitrogens with two attached hydrogens (primary N) is 1. The standard InChI is InChI=1S/C14H23N5O2/c1-5-19-11(10(15)9(2)17-19)12(20)18-7-6-14(3,8-18)13(21)16-4/h5-8,15H2,1-4H3,(H,16,21). The van der Waals surface area contributed by atoms with Crippen LogP contribution in [0.5, 0.6) is 0 Å². The molecule has 116 valence electrons. The van der Waals surface area contributed by atoms with E-state index in [1.165, 1.54) is 0 Å². The first kappa shape index (κ1) is 15.3. The Labute approximate surface area is 124 Å². The van der Waals surface area contributed by atoms with Gasteiger partial charge in [0.25, 0.3) is 5.91 Å². The number of aryl methyl sites for hydroxylation is 2. The zero-order valence-corrected chi connectivity index (χ0v) is 13.1. The third kappa shape index (κ3) is 2.48. The number of nitrogens with one attached hydrogen (secondary N) is 1. The second-order valence-electron chi connectivity index (χ2n) is 5.78. The van der Waals surface area contributed by atoms with Crippen molar-refractivity contribution in [3.05, 3.63) is 11.4 Å². The molecule has 0 saturated carbocycles. The van der Waals surface area contributed by atoms with Gasteiger partial charge in [0.1, 0.15) is 5.69 Å². The van der Waals surface area contributed by atoms with Gasteiger partial charge < -0.3 is 16.0 Å². The molecule has 7 nitrogen and oxygen atoms in total. The van der Waals surface area contributed by atoms with Crippen LogP contribution >= 0.6 is 0 Å². The third-order valence-electron chi connectivity index (χ3n) is 4.21. The first-order chi connectivity index (χ1) is 9.84. The molecule has 0 bridgehead atoms. The molecule has 2 rings (SSSR count). The highest BCUT2D eigenvalue weighted by molar-refractivity contribution is 5.98. The number of rotatable bonds is 3. The van der Waals surface area contributed by atoms with Crippen LogP contribution in [0, 0.1) is 12.3 Å². The van der Waals surface area contributed by atoms with Gasteiger partial charge in [0.05, 0.1) is 16.8 Å². The van der Waals surface area contributed by atoms with Crippen molar-refractivity contribution in [3.8, 4) is 0 Å². The van der Waals surface area contributed by atoms with Gasteiger partial charge >= 0.3 is 0 Å². The highest BCUT2D eigenvalue weighted by atomic mass is 16.2. The molecule has 1 fully saturated rings. The number of aromatic nitrogens is 2. The van der Waals surface area contributed by atoms with E-state index in [0.29, 0.717) is 43.1 Å². The predicted molar refractivity (Wildman–Crippen MR) is 79.7 cm³/mol. The Hall–Kier alpha value is -2.05. The second kappa shape index (κ2) is 5.38. The van der Waals surface area contributed by atoms with Gasteiger partial charge in [-0.15, -0.1) is 0 Å². The summed E-state index contributed by atoms with van der Waals surface area (Å²) in [6, 6.07) is 0. The van der Waals surface area contributed by atoms with Crippen LogP contribution in [0.3, 0.4) is 0 Å². The lowest BCUT2D eigenvalue weighted by Crippen LogP contribution is -2.40. The van der Waals surface area contributed by atoms with Crippen molar-refractivity contribution in [1.29, 1.82) is 0 Å². The van der Waals surface area contributed by atoms with E-state index in [0.717, 1.165) is 0 Å². The fourth-order valence-corrected chi connectivity index (χ4v) is 2.82. The predicted octanol–water partition coefficient (Wildman–Crippen LogP) is 0.392. The molecule has 1 aromatic heterocycles. The molecule has 3 N–H and O–H groups in total. The summed E-state index contributed by atoms with van der Waals surface area (Å²) in [5.74, 6) is -0.187. The van der Waals surface area contributed by atoms with E-state index >= 15 is 0 Å². The molecule has 2 amide bonds. The molecule has 0 spiro atoms. The maximum Gasteiger partial charge on any atom is 0.274 e. The Morgan fingerprint density at radius 1 is 1.48 bits per heavy atom. The Morgan fingerprint density at radius 2 is 2.14 bits per heavy atom. The lowest BCUT2D eigenvalue weighted by atomic mass is 9.89. The van der Waals surface area contributed by atoms with Crippen molar-refractivity contribution in [1.82, 2.24) is 20.0 Å². The van der Waals surface area contributed by atoms with Gasteiger partial charge in [-0.05, 0) is 27.2 Å². The first-order valence-corrected chi connectivity index (χ1v) is 7.18. The SMILES string of the molecule is CCn1nc(C)c(N)c1C(=O)N1CCC(C)(C(=O)NC)C1. The molecular formula is C14H23N5O2. The van der Waals surface area contributed by atoms with Gasteiger partial charge in [0.2, 0.25) is 5.91 Å². The Balaban J connectivity index is 2.25. The minimum Gasteiger partial charge on any atom is -0.395 e. The molecule has 0 radical (unpaired) electrons. The molecule has 0 aliphatic carbocycles. The number of amides is 2. The van der Waals surface area contributed by atoms with Gasteiger partial charge in [-0.25, -0.2) is 0 Å². The van der Waals surface area contributed by atoms with E-state index in [-0.39, 0.29) is 11.8 Å². The summed E-state index contributed by atoms with van der Waals surface area (Å²) in [6.07, 6.45) is 0.650. The van der Waals surface area contributed by atoms with Crippen LogP contribution in [0.15, 0.2) is 0 Å². The van der Waals surface area contributed by atoms with Crippen LogP contribution in [-0.2, 0) is 11.3 Å². The zero-order chi connectivity index (χ0) is 15.8. The Morgan fingerprint density at radius 3 is 2.71 bits per heavy atom. The van der Waals surface area contributed by atoms with Crippen LogP contribution in [-0.4, -0.2) is 46.6 Å². The normalized spacial score (nSPS) is 21.6.